The van der Waals surface area contributed by atoms with Crippen LogP contribution < -0.4 is 56.5 Å². The molecule has 0 aromatic carbocycles. The van der Waals surface area contributed by atoms with Gasteiger partial charge in [0.2, 0.25) is 0 Å². The van der Waals surface area contributed by atoms with Crippen molar-refractivity contribution in [3.8, 4) is 0 Å². The van der Waals surface area contributed by atoms with E-state index >= 15 is 0 Å². The predicted octanol–water partition coefficient (Wildman–Crippen LogP) is -3.34. The zero-order chi connectivity index (χ0) is 10.1. The summed E-state index contributed by atoms with van der Waals surface area (Å²) in [6.07, 6.45) is 0.722. The number of carboxylic acids is 1. The largest absolute Gasteiger partial charge is 1.00 e. The van der Waals surface area contributed by atoms with Crippen LogP contribution in [-0.4, -0.2) is 19.0 Å². The molecule has 0 saturated carbocycles. The predicted molar refractivity (Wildman–Crippen MR) is 42.0 cm³/mol. The molecular weight excluding hydrogens is 199 g/mol. The van der Waals surface area contributed by atoms with E-state index in [9.17, 15) is 4.79 Å². The van der Waals surface area contributed by atoms with E-state index in [-0.39, 0.29) is 57.4 Å². The fraction of sp³-hybridized carbons (Fsp3) is 0.250. The maximum absolute atomic E-state index is 10.2. The number of rotatable bonds is 2. The first-order valence-electron chi connectivity index (χ1n) is 3.03. The fourth-order valence-electron chi connectivity index (χ4n) is 0.174. The molecule has 0 saturated heterocycles. The van der Waals surface area contributed by atoms with Crippen LogP contribution in [-0.2, 0) is 14.3 Å². The Labute approximate surface area is 120 Å². The number of carbonyl (C=O) groups excluding carboxylic acids is 2. The Balaban J connectivity index is -0.000000150. The molecule has 0 spiro atoms. The van der Waals surface area contributed by atoms with Crippen molar-refractivity contribution in [1.29, 1.82) is 0 Å². The van der Waals surface area contributed by atoms with Crippen molar-refractivity contribution in [3.05, 3.63) is 24.8 Å². The summed E-state index contributed by atoms with van der Waals surface area (Å²) < 4.78 is 4.27. The molecule has 0 atom stereocenters. The van der Waals surface area contributed by atoms with Gasteiger partial charge in [-0.3, -0.25) is 0 Å². The van der Waals surface area contributed by atoms with Crippen molar-refractivity contribution in [2.45, 2.75) is 6.92 Å². The summed E-state index contributed by atoms with van der Waals surface area (Å²) in [5.41, 5.74) is 0.433. The van der Waals surface area contributed by atoms with Gasteiger partial charge >= 0.3 is 57.4 Å². The summed E-state index contributed by atoms with van der Waals surface area (Å²) >= 11 is 0. The van der Waals surface area contributed by atoms with Gasteiger partial charge in [-0.1, -0.05) is 13.2 Å². The first-order valence-corrected chi connectivity index (χ1v) is 3.03. The smallest absolute Gasteiger partial charge is 0.545 e. The number of carbonyl (C=O) groups is 2. The Morgan fingerprint density at radius 3 is 1.77 bits per heavy atom. The van der Waals surface area contributed by atoms with Crippen molar-refractivity contribution in [2.24, 2.45) is 0 Å². The van der Waals surface area contributed by atoms with E-state index < -0.39 is 5.97 Å². The van der Waals surface area contributed by atoms with E-state index in [4.69, 9.17) is 9.90 Å². The molecule has 0 radical (unpaired) electrons. The number of hydrogen-bond donors (Lipinski definition) is 0. The van der Waals surface area contributed by atoms with Gasteiger partial charge in [-0.05, 0) is 13.0 Å². The number of carboxylic acid groups (broad SMARTS) is 1. The van der Waals surface area contributed by atoms with E-state index in [1.165, 1.54) is 7.11 Å². The van der Waals surface area contributed by atoms with Gasteiger partial charge in [0.1, 0.15) is 0 Å². The molecule has 68 valence electrons. The molecule has 0 aliphatic heterocycles. The van der Waals surface area contributed by atoms with Gasteiger partial charge in [-0.25, -0.2) is 4.79 Å². The zero-order valence-corrected chi connectivity index (χ0v) is 11.2. The van der Waals surface area contributed by atoms with E-state index in [0.29, 0.717) is 5.57 Å². The van der Waals surface area contributed by atoms with Gasteiger partial charge in [-0.15, -0.1) is 0 Å². The topological polar surface area (TPSA) is 66.4 Å². The van der Waals surface area contributed by atoms with Crippen LogP contribution in [0.5, 0.6) is 0 Å². The van der Waals surface area contributed by atoms with Gasteiger partial charge in [-0.2, -0.15) is 0 Å². The number of esters is 1. The van der Waals surface area contributed by atoms with Crippen LogP contribution in [0.15, 0.2) is 24.8 Å². The van der Waals surface area contributed by atoms with Crippen molar-refractivity contribution in [3.63, 3.8) is 0 Å². The third-order valence-electron chi connectivity index (χ3n) is 0.701. The molecule has 0 unspecified atom stereocenters. The van der Waals surface area contributed by atoms with Crippen LogP contribution in [0.25, 0.3) is 0 Å². The van der Waals surface area contributed by atoms with Crippen LogP contribution in [0.1, 0.15) is 6.92 Å². The maximum atomic E-state index is 10.2. The van der Waals surface area contributed by atoms with Crippen molar-refractivity contribution in [2.75, 3.05) is 7.11 Å². The minimum absolute atomic E-state index is 0. The zero-order valence-electron chi connectivity index (χ0n) is 8.12. The molecule has 13 heavy (non-hydrogen) atoms. The van der Waals surface area contributed by atoms with Crippen LogP contribution in [0.4, 0.5) is 0 Å². The molecule has 5 heteroatoms. The summed E-state index contributed by atoms with van der Waals surface area (Å²) in [5, 5.41) is 9.14. The Kier molecular flexibility index (Phi) is 17.4. The van der Waals surface area contributed by atoms with Crippen LogP contribution in [0.2, 0.25) is 0 Å². The van der Waals surface area contributed by atoms with E-state index in [1.54, 1.807) is 6.92 Å². The van der Waals surface area contributed by atoms with Gasteiger partial charge < -0.3 is 14.6 Å². The number of ether oxygens (including phenoxy) is 1. The monoisotopic (exact) mass is 210 g/mol. The van der Waals surface area contributed by atoms with Gasteiger partial charge in [0.15, 0.2) is 0 Å². The summed E-state index contributed by atoms with van der Waals surface area (Å²) in [6.45, 7) is 7.85. The van der Waals surface area contributed by atoms with Gasteiger partial charge in [0.25, 0.3) is 0 Å². The summed E-state index contributed by atoms with van der Waals surface area (Å²) in [6, 6.07) is 0. The minimum Gasteiger partial charge on any atom is -0.545 e. The number of aliphatic carboxylic acids is 1. The molecule has 0 aliphatic carbocycles. The molecule has 0 aromatic rings. The first-order chi connectivity index (χ1) is 5.45. The molecule has 0 amide bonds. The SMILES string of the molecule is C=C(C)C(=O)OC.C=CC(=O)[O-].[K+]. The summed E-state index contributed by atoms with van der Waals surface area (Å²) in [5.74, 6) is -1.58. The third kappa shape index (κ3) is 18.8. The molecule has 0 N–H and O–H groups in total. The average Bonchev–Trinajstić information content (AvgIpc) is 2.04. The number of hydrogen-bond acceptors (Lipinski definition) is 4. The normalized spacial score (nSPS) is 6.62. The Morgan fingerprint density at radius 2 is 1.77 bits per heavy atom. The molecule has 0 rings (SSSR count). The second kappa shape index (κ2) is 12.1. The Hall–Kier alpha value is 0.0564. The standard InChI is InChI=1S/C5H8O2.C3H4O2.K/c1-4(2)5(6)7-3;1-2-3(4)5;/h1H2,2-3H3;2H,1H2,(H,4,5);/q;;+1/p-1. The van der Waals surface area contributed by atoms with E-state index in [0.717, 1.165) is 6.08 Å². The third-order valence-corrected chi connectivity index (χ3v) is 0.701. The molecule has 0 fully saturated rings. The van der Waals surface area contributed by atoms with Crippen molar-refractivity contribution < 1.29 is 70.8 Å². The van der Waals surface area contributed by atoms with E-state index in [1.807, 2.05) is 0 Å². The van der Waals surface area contributed by atoms with Crippen molar-refractivity contribution in [1.82, 2.24) is 0 Å². The molecule has 0 heterocycles. The fourth-order valence-corrected chi connectivity index (χ4v) is 0.174. The Morgan fingerprint density at radius 1 is 1.46 bits per heavy atom. The second-order valence-corrected chi connectivity index (χ2v) is 1.80. The van der Waals surface area contributed by atoms with Gasteiger partial charge in [0, 0.05) is 5.57 Å². The van der Waals surface area contributed by atoms with Crippen LogP contribution >= 0.6 is 0 Å². The van der Waals surface area contributed by atoms with Crippen molar-refractivity contribution >= 4 is 11.9 Å². The molecule has 0 aromatic heterocycles. The quantitative estimate of drug-likeness (QED) is 0.271. The van der Waals surface area contributed by atoms with E-state index in [2.05, 4.69) is 17.9 Å². The summed E-state index contributed by atoms with van der Waals surface area (Å²) in [4.78, 5) is 19.3. The van der Waals surface area contributed by atoms with Crippen LogP contribution in [0, 0.1) is 0 Å². The number of methoxy groups -OCH3 is 1. The van der Waals surface area contributed by atoms with Gasteiger partial charge in [0.05, 0.1) is 13.1 Å². The Bertz CT molecular complexity index is 198. The van der Waals surface area contributed by atoms with Crippen LogP contribution in [0.3, 0.4) is 0 Å². The second-order valence-electron chi connectivity index (χ2n) is 1.80. The summed E-state index contributed by atoms with van der Waals surface area (Å²) in [7, 11) is 1.33. The molecule has 0 bridgehead atoms. The average molecular weight is 210 g/mol. The minimum atomic E-state index is -1.23. The molecular formula is C8H11KO4. The molecule has 0 aliphatic rings. The maximum Gasteiger partial charge on any atom is 1.00 e. The molecule has 4 nitrogen and oxygen atoms in total. The first kappa shape index (κ1) is 18.8.